The predicted molar refractivity (Wildman–Crippen MR) is 78.4 cm³/mol. The van der Waals surface area contributed by atoms with E-state index in [1.165, 1.54) is 24.8 Å². The van der Waals surface area contributed by atoms with Crippen LogP contribution in [0.4, 0.5) is 0 Å². The molecule has 0 unspecified atom stereocenters. The smallest absolute Gasteiger partial charge is 0.248 e. The van der Waals surface area contributed by atoms with E-state index in [1.54, 1.807) is 0 Å². The summed E-state index contributed by atoms with van der Waals surface area (Å²) >= 11 is 0.999. The van der Waals surface area contributed by atoms with E-state index in [-0.39, 0.29) is 10.5 Å². The number of hydrogen-bond acceptors (Lipinski definition) is 2. The fraction of sp³-hybridized carbons (Fsp3) is 0.600. The molecule has 0 bridgehead atoms. The monoisotopic (exact) mass is 261 g/mol. The Morgan fingerprint density at radius 3 is 2.72 bits per heavy atom. The van der Waals surface area contributed by atoms with E-state index in [1.807, 2.05) is 6.07 Å². The van der Waals surface area contributed by atoms with Crippen LogP contribution in [0.15, 0.2) is 30.3 Å². The van der Waals surface area contributed by atoms with E-state index in [4.69, 9.17) is 0 Å². The third kappa shape index (κ3) is 3.36. The number of aliphatic hydroxyl groups is 1. The summed E-state index contributed by atoms with van der Waals surface area (Å²) in [7, 11) is 0. The summed E-state index contributed by atoms with van der Waals surface area (Å²) in [5, 5.41) is 14.1. The zero-order valence-electron chi connectivity index (χ0n) is 11.5. The van der Waals surface area contributed by atoms with Crippen molar-refractivity contribution in [1.82, 2.24) is 5.32 Å². The molecule has 2 N–H and O–H groups in total. The van der Waals surface area contributed by atoms with Crippen LogP contribution >= 0.6 is 0 Å². The van der Waals surface area contributed by atoms with Crippen LogP contribution in [-0.2, 0) is 0 Å². The molecule has 0 amide bonds. The first-order valence-electron chi connectivity index (χ1n) is 7.12. The Balaban J connectivity index is 2.06. The van der Waals surface area contributed by atoms with E-state index < -0.39 is 0 Å². The lowest BCUT2D eigenvalue weighted by atomic mass is 10.0. The molecule has 0 aromatic heterocycles. The van der Waals surface area contributed by atoms with Crippen molar-refractivity contribution < 1.29 is 5.11 Å². The molecular formula is C15H24AlNO. The molecule has 0 heterocycles. The third-order valence-electron chi connectivity index (χ3n) is 4.25. The van der Waals surface area contributed by atoms with Gasteiger partial charge < -0.3 is 10.4 Å². The maximum Gasteiger partial charge on any atom is 0.248 e. The molecule has 3 heteroatoms. The van der Waals surface area contributed by atoms with Gasteiger partial charge in [-0.2, -0.15) is 0 Å². The van der Waals surface area contributed by atoms with Gasteiger partial charge in [0.1, 0.15) is 0 Å². The molecule has 98 valence electrons. The molecule has 0 radical (unpaired) electrons. The lowest BCUT2D eigenvalue weighted by Crippen LogP contribution is -2.55. The molecular weight excluding hydrogens is 237 g/mol. The van der Waals surface area contributed by atoms with E-state index in [9.17, 15) is 5.11 Å². The summed E-state index contributed by atoms with van der Waals surface area (Å²) in [6, 6.07) is 10.8. The molecule has 1 saturated carbocycles. The van der Waals surface area contributed by atoms with Crippen molar-refractivity contribution in [3.05, 3.63) is 35.9 Å². The first kappa shape index (κ1) is 14.1. The molecule has 1 fully saturated rings. The molecule has 1 aliphatic rings. The highest BCUT2D eigenvalue weighted by atomic mass is 27.0. The quantitative estimate of drug-likeness (QED) is 0.644. The normalized spacial score (nSPS) is 30.7. The van der Waals surface area contributed by atoms with Crippen molar-refractivity contribution in [1.29, 1.82) is 0 Å². The van der Waals surface area contributed by atoms with Gasteiger partial charge >= 0.3 is 0 Å². The largest absolute Gasteiger partial charge is 0.393 e. The molecule has 0 aliphatic heterocycles. The van der Waals surface area contributed by atoms with Gasteiger partial charge in [-0.3, -0.25) is 0 Å². The Morgan fingerprint density at radius 2 is 2.00 bits per heavy atom. The number of aliphatic hydroxyl groups excluding tert-OH is 1. The molecule has 2 rings (SSSR count). The summed E-state index contributed by atoms with van der Waals surface area (Å²) in [4.78, 5) is 0. The summed E-state index contributed by atoms with van der Waals surface area (Å²) in [6.07, 6.45) is 5.59. The van der Waals surface area contributed by atoms with Crippen molar-refractivity contribution in [2.75, 3.05) is 0 Å². The van der Waals surface area contributed by atoms with Crippen molar-refractivity contribution in [2.24, 2.45) is 0 Å². The fourth-order valence-electron chi connectivity index (χ4n) is 2.98. The molecule has 2 nitrogen and oxygen atoms in total. The highest BCUT2D eigenvalue weighted by Gasteiger charge is 2.34. The van der Waals surface area contributed by atoms with Crippen LogP contribution < -0.4 is 5.32 Å². The summed E-state index contributed by atoms with van der Waals surface area (Å²) < 4.78 is -0.00818. The number of rotatable bonds is 3. The van der Waals surface area contributed by atoms with Gasteiger partial charge in [0.15, 0.2) is 0 Å². The van der Waals surface area contributed by atoms with Crippen molar-refractivity contribution >= 4 is 16.3 Å². The highest BCUT2D eigenvalue weighted by Crippen LogP contribution is 2.27. The Labute approximate surface area is 118 Å². The minimum atomic E-state index is -0.169. The summed E-state index contributed by atoms with van der Waals surface area (Å²) in [5.41, 5.74) is 1.31. The van der Waals surface area contributed by atoms with Gasteiger partial charge in [0.2, 0.25) is 16.3 Å². The number of hydrogen-bond donors (Lipinski definition) is 2. The lowest BCUT2D eigenvalue weighted by Gasteiger charge is -2.38. The second kappa shape index (κ2) is 6.21. The second-order valence-electron chi connectivity index (χ2n) is 5.81. The van der Waals surface area contributed by atoms with Crippen LogP contribution in [0.25, 0.3) is 0 Å². The molecule has 0 spiro atoms. The van der Waals surface area contributed by atoms with Gasteiger partial charge in [-0.25, -0.2) is 0 Å². The molecule has 1 aromatic rings. The van der Waals surface area contributed by atoms with Crippen molar-refractivity contribution in [2.45, 2.75) is 55.6 Å². The minimum Gasteiger partial charge on any atom is -0.393 e. The van der Waals surface area contributed by atoms with E-state index >= 15 is 0 Å². The van der Waals surface area contributed by atoms with Crippen molar-refractivity contribution in [3.63, 3.8) is 0 Å². The molecule has 1 aromatic carbocycles. The highest BCUT2D eigenvalue weighted by molar-refractivity contribution is 6.15. The van der Waals surface area contributed by atoms with Crippen LogP contribution in [0, 0.1) is 0 Å². The average Bonchev–Trinajstić information content (AvgIpc) is 2.53. The Bertz CT molecular complexity index is 370. The Kier molecular flexibility index (Phi) is 4.86. The predicted octanol–water partition coefficient (Wildman–Crippen LogP) is 1.99. The van der Waals surface area contributed by atoms with Gasteiger partial charge in [-0.15, -0.1) is 0 Å². The van der Waals surface area contributed by atoms with Crippen molar-refractivity contribution in [3.8, 4) is 0 Å². The fourth-order valence-corrected chi connectivity index (χ4v) is 4.06. The maximum absolute atomic E-state index is 10.4. The van der Waals surface area contributed by atoms with Gasteiger partial charge in [-0.05, 0) is 29.7 Å². The summed E-state index contributed by atoms with van der Waals surface area (Å²) in [6.45, 7) is 2.20. The molecule has 18 heavy (non-hydrogen) atoms. The second-order valence-corrected chi connectivity index (χ2v) is 7.59. The topological polar surface area (TPSA) is 32.3 Å². The van der Waals surface area contributed by atoms with Gasteiger partial charge in [0, 0.05) is 6.04 Å². The number of benzene rings is 1. The zero-order valence-corrected chi connectivity index (χ0v) is 13.5. The minimum absolute atomic E-state index is 0.00818. The van der Waals surface area contributed by atoms with Crippen LogP contribution in [0.5, 0.6) is 0 Å². The van der Waals surface area contributed by atoms with Crippen LogP contribution in [-0.4, -0.2) is 31.9 Å². The van der Waals surface area contributed by atoms with Gasteiger partial charge in [0.25, 0.3) is 0 Å². The first-order valence-corrected chi connectivity index (χ1v) is 8.12. The van der Waals surface area contributed by atoms with E-state index in [2.05, 4.69) is 36.5 Å². The van der Waals surface area contributed by atoms with E-state index in [0.29, 0.717) is 6.04 Å². The third-order valence-corrected chi connectivity index (χ3v) is 5.71. The molecule has 1 aliphatic carbocycles. The maximum atomic E-state index is 10.4. The van der Waals surface area contributed by atoms with Crippen LogP contribution in [0.3, 0.4) is 0 Å². The Hall–Kier alpha value is -0.328. The first-order chi connectivity index (χ1) is 8.62. The number of nitrogens with one attached hydrogen (secondary N) is 1. The standard InChI is InChI=1S/C15H22NO.Al.2H/c1-12(13-8-4-2-5-9-13)16-14-10-6-3-7-11-15(14)17;;;/h2,4-5,8-9,12,15-17H,3,6-7,10-11H2,1H3;;;/t12-,15+;;;/m0.../s1. The van der Waals surface area contributed by atoms with Crippen LogP contribution in [0.1, 0.15) is 50.6 Å². The zero-order chi connectivity index (χ0) is 13.0. The SMILES string of the molecule is C[C@H](N[C@@]1([AlH2])CCCCC[C@H]1O)c1ccccc1. The average molecular weight is 261 g/mol. The van der Waals surface area contributed by atoms with Gasteiger partial charge in [0.05, 0.1) is 6.10 Å². The van der Waals surface area contributed by atoms with Gasteiger partial charge in [-0.1, -0.05) is 49.6 Å². The molecule has 0 saturated heterocycles. The molecule has 3 atom stereocenters. The van der Waals surface area contributed by atoms with E-state index in [0.717, 1.165) is 29.1 Å². The summed E-state index contributed by atoms with van der Waals surface area (Å²) in [5.74, 6) is 0. The lowest BCUT2D eigenvalue weighted by molar-refractivity contribution is 0.0927. The van der Waals surface area contributed by atoms with Crippen LogP contribution in [0.2, 0.25) is 0 Å². The Morgan fingerprint density at radius 1 is 1.28 bits per heavy atom.